The minimum absolute atomic E-state index is 0.0892. The summed E-state index contributed by atoms with van der Waals surface area (Å²) in [6.45, 7) is 2.35. The van der Waals surface area contributed by atoms with E-state index in [2.05, 4.69) is 10.1 Å². The Kier molecular flexibility index (Phi) is 5.57. The van der Waals surface area contributed by atoms with Crippen molar-refractivity contribution in [1.29, 1.82) is 0 Å². The smallest absolute Gasteiger partial charge is 0.227 e. The van der Waals surface area contributed by atoms with E-state index in [4.69, 9.17) is 4.52 Å². The van der Waals surface area contributed by atoms with Gasteiger partial charge < -0.3 is 9.42 Å². The van der Waals surface area contributed by atoms with Gasteiger partial charge in [0.15, 0.2) is 5.82 Å². The van der Waals surface area contributed by atoms with Crippen LogP contribution in [0.4, 0.5) is 5.69 Å². The predicted molar refractivity (Wildman–Crippen MR) is 96.0 cm³/mol. The van der Waals surface area contributed by atoms with Gasteiger partial charge >= 0.3 is 0 Å². The molecule has 5 nitrogen and oxygen atoms in total. The zero-order valence-electron chi connectivity index (χ0n) is 14.3. The van der Waals surface area contributed by atoms with Gasteiger partial charge in [0.25, 0.3) is 0 Å². The van der Waals surface area contributed by atoms with Crippen molar-refractivity contribution >= 4 is 11.6 Å². The van der Waals surface area contributed by atoms with E-state index >= 15 is 0 Å². The van der Waals surface area contributed by atoms with Crippen LogP contribution in [-0.4, -0.2) is 16.0 Å². The summed E-state index contributed by atoms with van der Waals surface area (Å²) < 4.78 is 5.10. The maximum absolute atomic E-state index is 12.8. The third kappa shape index (κ3) is 4.76. The highest BCUT2D eigenvalue weighted by Gasteiger charge is 2.16. The highest BCUT2D eigenvalue weighted by Crippen LogP contribution is 2.19. The highest BCUT2D eigenvalue weighted by molar-refractivity contribution is 5.93. The minimum Gasteiger partial charge on any atom is -0.339 e. The first-order valence-electron chi connectivity index (χ1n) is 8.41. The normalized spacial score (nSPS) is 10.6. The van der Waals surface area contributed by atoms with Gasteiger partial charge in [-0.15, -0.1) is 0 Å². The van der Waals surface area contributed by atoms with E-state index in [-0.39, 0.29) is 5.91 Å². The molecule has 2 aromatic carbocycles. The van der Waals surface area contributed by atoms with Crippen molar-refractivity contribution in [3.8, 4) is 0 Å². The van der Waals surface area contributed by atoms with Crippen LogP contribution < -0.4 is 4.90 Å². The summed E-state index contributed by atoms with van der Waals surface area (Å²) in [5.74, 6) is 1.29. The lowest BCUT2D eigenvalue weighted by Gasteiger charge is -2.23. The Hall–Kier alpha value is -2.95. The van der Waals surface area contributed by atoms with Crippen molar-refractivity contribution < 1.29 is 9.32 Å². The maximum Gasteiger partial charge on any atom is 0.227 e. The summed E-state index contributed by atoms with van der Waals surface area (Å²) in [5, 5.41) is 3.77. The third-order valence-electron chi connectivity index (χ3n) is 3.90. The van der Waals surface area contributed by atoms with Crippen LogP contribution in [0.2, 0.25) is 0 Å². The molecule has 0 unspecified atom stereocenters. The van der Waals surface area contributed by atoms with Crippen molar-refractivity contribution in [2.75, 3.05) is 4.90 Å². The number of amides is 1. The molecule has 0 bridgehead atoms. The fourth-order valence-electron chi connectivity index (χ4n) is 2.66. The van der Waals surface area contributed by atoms with E-state index in [1.807, 2.05) is 65.6 Å². The molecule has 3 aromatic rings. The molecule has 0 radical (unpaired) electrons. The number of benzene rings is 2. The number of aryl methyl sites for hydroxylation is 2. The summed E-state index contributed by atoms with van der Waals surface area (Å²) in [7, 11) is 0. The number of aromatic nitrogens is 2. The van der Waals surface area contributed by atoms with E-state index in [0.717, 1.165) is 11.3 Å². The number of carbonyl (C=O) groups excluding carboxylic acids is 1. The van der Waals surface area contributed by atoms with Gasteiger partial charge in [-0.05, 0) is 31.0 Å². The summed E-state index contributed by atoms with van der Waals surface area (Å²) in [5.41, 5.74) is 2.01. The molecule has 25 heavy (non-hydrogen) atoms. The number of hydrogen-bond acceptors (Lipinski definition) is 4. The van der Waals surface area contributed by atoms with Gasteiger partial charge in [0.1, 0.15) is 0 Å². The molecule has 0 aliphatic rings. The third-order valence-corrected chi connectivity index (χ3v) is 3.90. The second-order valence-electron chi connectivity index (χ2n) is 5.89. The number of hydrogen-bond donors (Lipinski definition) is 0. The van der Waals surface area contributed by atoms with Crippen LogP contribution in [0.5, 0.6) is 0 Å². The molecule has 1 heterocycles. The van der Waals surface area contributed by atoms with Gasteiger partial charge in [-0.1, -0.05) is 53.7 Å². The molecule has 0 saturated heterocycles. The zero-order valence-corrected chi connectivity index (χ0v) is 14.3. The predicted octanol–water partition coefficient (Wildman–Crippen LogP) is 3.93. The van der Waals surface area contributed by atoms with E-state index in [1.165, 1.54) is 0 Å². The molecule has 0 fully saturated rings. The zero-order chi connectivity index (χ0) is 17.5. The van der Waals surface area contributed by atoms with Gasteiger partial charge in [-0.3, -0.25) is 4.79 Å². The summed E-state index contributed by atoms with van der Waals surface area (Å²) in [6, 6.07) is 19.8. The van der Waals surface area contributed by atoms with E-state index in [9.17, 15) is 4.79 Å². The summed E-state index contributed by atoms with van der Waals surface area (Å²) >= 11 is 0. The Morgan fingerprint density at radius 3 is 2.36 bits per heavy atom. The number of carbonyl (C=O) groups is 1. The SMILES string of the molecule is Cc1noc(CCCC(=O)N(Cc2ccccc2)c2ccccc2)n1. The fourth-order valence-corrected chi connectivity index (χ4v) is 2.66. The van der Waals surface area contributed by atoms with Crippen molar-refractivity contribution in [2.24, 2.45) is 0 Å². The molecule has 1 aromatic heterocycles. The molecule has 1 amide bonds. The molecule has 3 rings (SSSR count). The Morgan fingerprint density at radius 2 is 1.72 bits per heavy atom. The van der Waals surface area contributed by atoms with Crippen LogP contribution >= 0.6 is 0 Å². The first kappa shape index (κ1) is 16.9. The van der Waals surface area contributed by atoms with Gasteiger partial charge in [-0.25, -0.2) is 0 Å². The van der Waals surface area contributed by atoms with Crippen molar-refractivity contribution in [2.45, 2.75) is 32.7 Å². The number of para-hydroxylation sites is 1. The number of nitrogens with zero attached hydrogens (tertiary/aromatic N) is 3. The van der Waals surface area contributed by atoms with Crippen LogP contribution in [0.1, 0.15) is 30.1 Å². The number of anilines is 1. The van der Waals surface area contributed by atoms with Crippen LogP contribution in [0.3, 0.4) is 0 Å². The van der Waals surface area contributed by atoms with Crippen LogP contribution in [-0.2, 0) is 17.8 Å². The standard InChI is InChI=1S/C20H21N3O2/c1-16-21-19(25-22-16)13-8-14-20(24)23(18-11-6-3-7-12-18)15-17-9-4-2-5-10-17/h2-7,9-12H,8,13-15H2,1H3. The number of rotatable bonds is 7. The van der Waals surface area contributed by atoms with Crippen LogP contribution in [0.15, 0.2) is 65.2 Å². The van der Waals surface area contributed by atoms with Gasteiger partial charge in [0.2, 0.25) is 11.8 Å². The molecule has 0 aliphatic heterocycles. The Labute approximate surface area is 147 Å². The summed E-state index contributed by atoms with van der Waals surface area (Å²) in [4.78, 5) is 18.8. The molecule has 128 valence electrons. The Bertz CT molecular complexity index is 800. The average Bonchev–Trinajstić information content (AvgIpc) is 3.06. The molecular weight excluding hydrogens is 314 g/mol. The Balaban J connectivity index is 1.66. The molecular formula is C20H21N3O2. The van der Waals surface area contributed by atoms with Gasteiger partial charge in [0.05, 0.1) is 6.54 Å². The van der Waals surface area contributed by atoms with E-state index in [1.54, 1.807) is 6.92 Å². The largest absolute Gasteiger partial charge is 0.339 e. The lowest BCUT2D eigenvalue weighted by atomic mass is 10.1. The molecule has 0 aliphatic carbocycles. The second-order valence-corrected chi connectivity index (χ2v) is 5.89. The molecule has 0 N–H and O–H groups in total. The minimum atomic E-state index is 0.0892. The monoisotopic (exact) mass is 335 g/mol. The molecule has 0 spiro atoms. The Morgan fingerprint density at radius 1 is 1.04 bits per heavy atom. The van der Waals surface area contributed by atoms with Gasteiger partial charge in [0, 0.05) is 18.5 Å². The highest BCUT2D eigenvalue weighted by atomic mass is 16.5. The topological polar surface area (TPSA) is 59.2 Å². The molecule has 0 saturated carbocycles. The van der Waals surface area contributed by atoms with Crippen molar-refractivity contribution in [3.05, 3.63) is 77.9 Å². The quantitative estimate of drug-likeness (QED) is 0.656. The van der Waals surface area contributed by atoms with Crippen LogP contribution in [0.25, 0.3) is 0 Å². The van der Waals surface area contributed by atoms with E-state index in [0.29, 0.717) is 37.5 Å². The first-order valence-corrected chi connectivity index (χ1v) is 8.41. The average molecular weight is 335 g/mol. The van der Waals surface area contributed by atoms with Gasteiger partial charge in [-0.2, -0.15) is 4.98 Å². The summed E-state index contributed by atoms with van der Waals surface area (Å²) in [6.07, 6.45) is 1.72. The van der Waals surface area contributed by atoms with Crippen molar-refractivity contribution in [1.82, 2.24) is 10.1 Å². The fraction of sp³-hybridized carbons (Fsp3) is 0.250. The maximum atomic E-state index is 12.8. The molecule has 0 atom stereocenters. The lowest BCUT2D eigenvalue weighted by molar-refractivity contribution is -0.118. The lowest BCUT2D eigenvalue weighted by Crippen LogP contribution is -2.30. The second kappa shape index (κ2) is 8.24. The van der Waals surface area contributed by atoms with Crippen molar-refractivity contribution in [3.63, 3.8) is 0 Å². The first-order chi connectivity index (χ1) is 12.2. The van der Waals surface area contributed by atoms with Crippen LogP contribution in [0, 0.1) is 6.92 Å². The van der Waals surface area contributed by atoms with E-state index < -0.39 is 0 Å². The molecule has 5 heteroatoms.